The minimum Gasteiger partial charge on any atom is -0.493 e. The Bertz CT molecular complexity index is 837. The van der Waals surface area contributed by atoms with E-state index in [4.69, 9.17) is 49.0 Å². The van der Waals surface area contributed by atoms with Gasteiger partial charge in [-0.25, -0.2) is 0 Å². The summed E-state index contributed by atoms with van der Waals surface area (Å²) < 4.78 is 16.6. The summed E-state index contributed by atoms with van der Waals surface area (Å²) in [5.41, 5.74) is 2.95. The van der Waals surface area contributed by atoms with E-state index in [-0.39, 0.29) is 6.61 Å². The summed E-state index contributed by atoms with van der Waals surface area (Å²) in [4.78, 5) is 4.58. The number of benzene rings is 2. The number of methoxy groups -OCH3 is 2. The van der Waals surface area contributed by atoms with Crippen molar-refractivity contribution < 1.29 is 14.2 Å². The molecule has 0 bridgehead atoms. The molecule has 0 unspecified atom stereocenters. The maximum absolute atomic E-state index is 6.16. The van der Waals surface area contributed by atoms with Crippen molar-refractivity contribution in [2.24, 2.45) is 4.99 Å². The first kappa shape index (κ1) is 18.2. The molecule has 0 spiro atoms. The van der Waals surface area contributed by atoms with E-state index < -0.39 is 0 Å². The number of hydrogen-bond acceptors (Lipinski definition) is 4. The van der Waals surface area contributed by atoms with E-state index in [0.29, 0.717) is 38.9 Å². The van der Waals surface area contributed by atoms with Gasteiger partial charge in [0.25, 0.3) is 0 Å². The second-order valence-corrected chi connectivity index (χ2v) is 6.65. The fourth-order valence-electron chi connectivity index (χ4n) is 2.68. The molecule has 0 saturated heterocycles. The molecule has 25 heavy (non-hydrogen) atoms. The van der Waals surface area contributed by atoms with Gasteiger partial charge in [-0.2, -0.15) is 0 Å². The van der Waals surface area contributed by atoms with Crippen molar-refractivity contribution >= 4 is 40.5 Å². The Morgan fingerprint density at radius 3 is 2.28 bits per heavy atom. The van der Waals surface area contributed by atoms with E-state index >= 15 is 0 Å². The number of hydrogen-bond donors (Lipinski definition) is 0. The van der Waals surface area contributed by atoms with Gasteiger partial charge in [0.2, 0.25) is 0 Å². The lowest BCUT2D eigenvalue weighted by molar-refractivity contribution is 0.354. The van der Waals surface area contributed by atoms with E-state index in [1.165, 1.54) is 0 Å². The molecule has 0 saturated carbocycles. The smallest absolute Gasteiger partial charge is 0.161 e. The van der Waals surface area contributed by atoms with Crippen LogP contribution in [0.15, 0.2) is 29.3 Å². The molecule has 3 rings (SSSR count). The zero-order chi connectivity index (χ0) is 18.0. The highest BCUT2D eigenvalue weighted by molar-refractivity contribution is 6.43. The molecule has 1 heterocycles. The highest BCUT2D eigenvalue weighted by Gasteiger charge is 2.19. The summed E-state index contributed by atoms with van der Waals surface area (Å²) in [6.45, 7) is 0.955. The molecule has 7 heteroatoms. The average Bonchev–Trinajstić information content (AvgIpc) is 2.62. The van der Waals surface area contributed by atoms with Crippen molar-refractivity contribution in [2.75, 3.05) is 27.4 Å². The van der Waals surface area contributed by atoms with Crippen LogP contribution in [0.4, 0.5) is 0 Å². The molecule has 1 aliphatic heterocycles. The molecular formula is C18H16Cl3NO3. The molecule has 132 valence electrons. The van der Waals surface area contributed by atoms with Crippen LogP contribution in [0.2, 0.25) is 15.1 Å². The lowest BCUT2D eigenvalue weighted by Crippen LogP contribution is -2.20. The van der Waals surface area contributed by atoms with Gasteiger partial charge < -0.3 is 14.2 Å². The number of ether oxygens (including phenoxy) is 3. The first-order valence-corrected chi connectivity index (χ1v) is 8.72. The van der Waals surface area contributed by atoms with Crippen LogP contribution in [0.1, 0.15) is 11.1 Å². The van der Waals surface area contributed by atoms with Crippen LogP contribution in [0.25, 0.3) is 0 Å². The predicted molar refractivity (Wildman–Crippen MR) is 102 cm³/mol. The zero-order valence-electron chi connectivity index (χ0n) is 13.7. The van der Waals surface area contributed by atoms with Crippen molar-refractivity contribution in [3.8, 4) is 17.2 Å². The van der Waals surface area contributed by atoms with Crippen LogP contribution in [0.5, 0.6) is 17.2 Å². The molecule has 1 aliphatic rings. The van der Waals surface area contributed by atoms with Gasteiger partial charge in [-0.15, -0.1) is 0 Å². The molecule has 0 atom stereocenters. The highest BCUT2D eigenvalue weighted by atomic mass is 35.5. The van der Waals surface area contributed by atoms with E-state index in [1.54, 1.807) is 26.4 Å². The number of aliphatic imine (C=N–C) groups is 1. The number of halogens is 3. The maximum atomic E-state index is 6.16. The number of nitrogens with zero attached hydrogens (tertiary/aromatic N) is 1. The van der Waals surface area contributed by atoms with Gasteiger partial charge in [-0.1, -0.05) is 34.8 Å². The topological polar surface area (TPSA) is 40.0 Å². The summed E-state index contributed by atoms with van der Waals surface area (Å²) in [5, 5.41) is 1.17. The largest absolute Gasteiger partial charge is 0.493 e. The van der Waals surface area contributed by atoms with Gasteiger partial charge in [0, 0.05) is 18.2 Å². The lowest BCUT2D eigenvalue weighted by atomic mass is 9.97. The zero-order valence-corrected chi connectivity index (χ0v) is 16.0. The van der Waals surface area contributed by atoms with Crippen LogP contribution in [-0.2, 0) is 6.42 Å². The summed E-state index contributed by atoms with van der Waals surface area (Å²) in [6.07, 6.45) is 0.840. The van der Waals surface area contributed by atoms with Crippen molar-refractivity contribution in [2.45, 2.75) is 6.42 Å². The van der Waals surface area contributed by atoms with Crippen LogP contribution >= 0.6 is 34.8 Å². The average molecular weight is 401 g/mol. The van der Waals surface area contributed by atoms with E-state index in [0.717, 1.165) is 23.3 Å². The normalized spacial score (nSPS) is 13.1. The minimum atomic E-state index is 0.264. The quantitative estimate of drug-likeness (QED) is 0.656. The Kier molecular flexibility index (Phi) is 5.62. The van der Waals surface area contributed by atoms with Crippen LogP contribution in [0.3, 0.4) is 0 Å². The first-order chi connectivity index (χ1) is 12.0. The van der Waals surface area contributed by atoms with Gasteiger partial charge >= 0.3 is 0 Å². The van der Waals surface area contributed by atoms with Crippen LogP contribution < -0.4 is 14.2 Å². The molecule has 0 fully saturated rings. The minimum absolute atomic E-state index is 0.264. The van der Waals surface area contributed by atoms with Gasteiger partial charge in [-0.3, -0.25) is 4.99 Å². The van der Waals surface area contributed by atoms with Gasteiger partial charge in [0.1, 0.15) is 12.4 Å². The van der Waals surface area contributed by atoms with Crippen molar-refractivity contribution in [3.63, 3.8) is 0 Å². The van der Waals surface area contributed by atoms with E-state index in [9.17, 15) is 0 Å². The van der Waals surface area contributed by atoms with Gasteiger partial charge in [0.05, 0.1) is 35.0 Å². The van der Waals surface area contributed by atoms with E-state index in [2.05, 4.69) is 4.99 Å². The molecule has 0 aliphatic carbocycles. The molecule has 2 aromatic carbocycles. The molecule has 0 aromatic heterocycles. The Balaban J connectivity index is 1.86. The van der Waals surface area contributed by atoms with Gasteiger partial charge in [-0.05, 0) is 30.2 Å². The molecule has 0 radical (unpaired) electrons. The first-order valence-electron chi connectivity index (χ1n) is 7.59. The third-order valence-electron chi connectivity index (χ3n) is 3.94. The highest BCUT2D eigenvalue weighted by Crippen LogP contribution is 2.35. The third-order valence-corrected chi connectivity index (χ3v) is 4.96. The fourth-order valence-corrected chi connectivity index (χ4v) is 3.27. The molecule has 4 nitrogen and oxygen atoms in total. The summed E-state index contributed by atoms with van der Waals surface area (Å²) in [5.74, 6) is 1.82. The monoisotopic (exact) mass is 399 g/mol. The Labute approximate surface area is 161 Å². The summed E-state index contributed by atoms with van der Waals surface area (Å²) >= 11 is 18.1. The summed E-state index contributed by atoms with van der Waals surface area (Å²) in [6, 6.07) is 7.07. The number of rotatable bonds is 5. The summed E-state index contributed by atoms with van der Waals surface area (Å²) in [7, 11) is 3.23. The Morgan fingerprint density at radius 2 is 1.56 bits per heavy atom. The standard InChI is InChI=1S/C18H16Cl3NO3/c1-23-17-5-10-3-4-22-15(11(10)6-18(17)24-2)9-25-16-8-13(20)12(19)7-14(16)21/h5-8H,3-4,9H2,1-2H3. The van der Waals surface area contributed by atoms with Crippen molar-refractivity contribution in [1.82, 2.24) is 0 Å². The second-order valence-electron chi connectivity index (χ2n) is 5.43. The van der Waals surface area contributed by atoms with Crippen LogP contribution in [-0.4, -0.2) is 33.1 Å². The maximum Gasteiger partial charge on any atom is 0.161 e. The fraction of sp³-hybridized carbons (Fsp3) is 0.278. The Morgan fingerprint density at radius 1 is 0.880 bits per heavy atom. The second kappa shape index (κ2) is 7.73. The SMILES string of the molecule is COc1cc2c(cc1OC)C(COc1cc(Cl)c(Cl)cc1Cl)=NCC2. The lowest BCUT2D eigenvalue weighted by Gasteiger charge is -2.20. The molecular weight excluding hydrogens is 385 g/mol. The van der Waals surface area contributed by atoms with Crippen LogP contribution in [0, 0.1) is 0 Å². The molecule has 2 aromatic rings. The number of fused-ring (bicyclic) bond motifs is 1. The van der Waals surface area contributed by atoms with E-state index in [1.807, 2.05) is 12.1 Å². The van der Waals surface area contributed by atoms with Crippen molar-refractivity contribution in [1.29, 1.82) is 0 Å². The Hall–Kier alpha value is -1.62. The molecule has 0 N–H and O–H groups in total. The molecule has 0 amide bonds. The van der Waals surface area contributed by atoms with Crippen molar-refractivity contribution in [3.05, 3.63) is 50.5 Å². The predicted octanol–water partition coefficient (Wildman–Crippen LogP) is 5.09. The van der Waals surface area contributed by atoms with Gasteiger partial charge in [0.15, 0.2) is 11.5 Å². The third kappa shape index (κ3) is 3.81.